The lowest BCUT2D eigenvalue weighted by Crippen LogP contribution is -3.15. The summed E-state index contributed by atoms with van der Waals surface area (Å²) < 4.78 is 5.50. The van der Waals surface area contributed by atoms with E-state index in [0.717, 1.165) is 41.6 Å². The van der Waals surface area contributed by atoms with Gasteiger partial charge in [-0.05, 0) is 49.8 Å². The molecule has 0 radical (unpaired) electrons. The lowest BCUT2D eigenvalue weighted by atomic mass is 9.95. The molecule has 146 valence electrons. The molecule has 1 saturated heterocycles. The van der Waals surface area contributed by atoms with Crippen LogP contribution in [0.3, 0.4) is 0 Å². The van der Waals surface area contributed by atoms with Crippen LogP contribution in [-0.4, -0.2) is 17.7 Å². The Morgan fingerprint density at radius 1 is 1.18 bits per heavy atom. The van der Waals surface area contributed by atoms with Crippen LogP contribution < -0.4 is 10.5 Å². The van der Waals surface area contributed by atoms with E-state index in [-0.39, 0.29) is 5.75 Å². The highest BCUT2D eigenvalue weighted by Gasteiger charge is 2.26. The molecule has 0 bridgehead atoms. The summed E-state index contributed by atoms with van der Waals surface area (Å²) in [5.41, 5.74) is 3.51. The van der Waals surface area contributed by atoms with Gasteiger partial charge in [-0.2, -0.15) is 0 Å². The second-order valence-electron chi connectivity index (χ2n) is 7.92. The van der Waals surface area contributed by atoms with E-state index < -0.39 is 5.63 Å². The fraction of sp³-hybridized carbons (Fsp3) is 0.375. The highest BCUT2D eigenvalue weighted by molar-refractivity contribution is 5.96. The largest absolute Gasteiger partial charge is 0.507 e. The van der Waals surface area contributed by atoms with Crippen LogP contribution in [-0.2, 0) is 6.54 Å². The smallest absolute Gasteiger partial charge is 0.336 e. The van der Waals surface area contributed by atoms with E-state index in [1.54, 1.807) is 11.0 Å². The topological polar surface area (TPSA) is 54.9 Å². The lowest BCUT2D eigenvalue weighted by molar-refractivity contribution is -0.944. The molecule has 4 heteroatoms. The number of benzene rings is 2. The first-order valence-electron chi connectivity index (χ1n) is 10.3. The van der Waals surface area contributed by atoms with E-state index in [0.29, 0.717) is 17.2 Å². The minimum absolute atomic E-state index is 0.258. The number of hydrogen-bond acceptors (Lipinski definition) is 3. The Morgan fingerprint density at radius 2 is 1.96 bits per heavy atom. The number of rotatable bonds is 4. The van der Waals surface area contributed by atoms with Crippen LogP contribution in [0.15, 0.2) is 51.7 Å². The van der Waals surface area contributed by atoms with Crippen molar-refractivity contribution in [3.05, 3.63) is 64.0 Å². The molecule has 2 heterocycles. The molecule has 0 saturated carbocycles. The summed E-state index contributed by atoms with van der Waals surface area (Å²) in [6.07, 6.45) is 4.95. The van der Waals surface area contributed by atoms with Crippen molar-refractivity contribution in [3.63, 3.8) is 0 Å². The second kappa shape index (κ2) is 7.80. The highest BCUT2D eigenvalue weighted by atomic mass is 16.4. The summed E-state index contributed by atoms with van der Waals surface area (Å²) in [7, 11) is 0. The number of aryl methyl sites for hydroxylation is 1. The molecule has 0 spiro atoms. The number of aromatic hydroxyl groups is 1. The Labute approximate surface area is 165 Å². The normalized spacial score (nSPS) is 19.8. The van der Waals surface area contributed by atoms with E-state index in [1.165, 1.54) is 19.3 Å². The van der Waals surface area contributed by atoms with Crippen molar-refractivity contribution in [3.8, 4) is 16.9 Å². The molecule has 1 aliphatic heterocycles. The van der Waals surface area contributed by atoms with Crippen molar-refractivity contribution in [1.82, 2.24) is 0 Å². The van der Waals surface area contributed by atoms with Gasteiger partial charge in [-0.25, -0.2) is 4.79 Å². The first-order valence-corrected chi connectivity index (χ1v) is 10.3. The van der Waals surface area contributed by atoms with Gasteiger partial charge in [0.2, 0.25) is 0 Å². The number of phenols is 1. The molecule has 28 heavy (non-hydrogen) atoms. The van der Waals surface area contributed by atoms with Crippen molar-refractivity contribution in [2.75, 3.05) is 6.54 Å². The van der Waals surface area contributed by atoms with Crippen LogP contribution in [0.4, 0.5) is 0 Å². The van der Waals surface area contributed by atoms with Crippen LogP contribution in [0.5, 0.6) is 5.75 Å². The van der Waals surface area contributed by atoms with Crippen molar-refractivity contribution in [2.45, 2.75) is 52.1 Å². The maximum absolute atomic E-state index is 12.2. The molecule has 1 unspecified atom stereocenters. The number of likely N-dealkylation sites (tertiary alicyclic amines) is 1. The molecule has 4 rings (SSSR count). The van der Waals surface area contributed by atoms with Crippen molar-refractivity contribution < 1.29 is 14.4 Å². The summed E-state index contributed by atoms with van der Waals surface area (Å²) in [5, 5.41) is 11.8. The van der Waals surface area contributed by atoms with Gasteiger partial charge >= 0.3 is 5.63 Å². The quantitative estimate of drug-likeness (QED) is 0.679. The van der Waals surface area contributed by atoms with E-state index >= 15 is 0 Å². The average Bonchev–Trinajstić information content (AvgIpc) is 2.73. The molecule has 3 aromatic rings. The maximum atomic E-state index is 12.2. The van der Waals surface area contributed by atoms with Gasteiger partial charge in [0.15, 0.2) is 0 Å². The SMILES string of the molecule is CC[C@@H]1CCCC[NH+]1Cc1cc2c(-c3ccccc3)cc(=O)oc2c(C)c1O. The van der Waals surface area contributed by atoms with E-state index in [1.807, 2.05) is 43.3 Å². The summed E-state index contributed by atoms with van der Waals surface area (Å²) in [6, 6.07) is 14.1. The van der Waals surface area contributed by atoms with Crippen molar-refractivity contribution in [2.24, 2.45) is 0 Å². The molecule has 0 aliphatic carbocycles. The van der Waals surface area contributed by atoms with Gasteiger partial charge in [-0.15, -0.1) is 0 Å². The molecule has 4 nitrogen and oxygen atoms in total. The number of piperidine rings is 1. The van der Waals surface area contributed by atoms with Gasteiger partial charge in [0.1, 0.15) is 17.9 Å². The number of quaternary nitrogens is 1. The minimum Gasteiger partial charge on any atom is -0.507 e. The number of nitrogens with one attached hydrogen (secondary N) is 1. The Balaban J connectivity index is 1.86. The van der Waals surface area contributed by atoms with Crippen LogP contribution in [0, 0.1) is 6.92 Å². The lowest BCUT2D eigenvalue weighted by Gasteiger charge is -2.32. The molecule has 1 aliphatic rings. The molecular weight excluding hydrogens is 350 g/mol. The first-order chi connectivity index (χ1) is 13.6. The zero-order valence-electron chi connectivity index (χ0n) is 16.6. The molecular formula is C24H28NO3+. The van der Waals surface area contributed by atoms with Gasteiger partial charge in [-0.1, -0.05) is 37.3 Å². The van der Waals surface area contributed by atoms with Gasteiger partial charge in [-0.3, -0.25) is 0 Å². The monoisotopic (exact) mass is 378 g/mol. The van der Waals surface area contributed by atoms with E-state index in [2.05, 4.69) is 6.92 Å². The standard InChI is InChI=1S/C24H27NO3/c1-3-19-11-7-8-12-25(19)15-18-13-21-20(17-9-5-4-6-10-17)14-22(26)28-24(21)16(2)23(18)27/h4-6,9-10,13-14,19,27H,3,7-8,11-12,15H2,1-2H3/p+1/t19-/m1/s1. The summed E-state index contributed by atoms with van der Waals surface area (Å²) in [5.74, 6) is 0.258. The molecule has 0 amide bonds. The molecule has 1 fully saturated rings. The van der Waals surface area contributed by atoms with Crippen molar-refractivity contribution in [1.29, 1.82) is 0 Å². The van der Waals surface area contributed by atoms with Gasteiger partial charge in [0.05, 0.1) is 12.6 Å². The molecule has 2 atom stereocenters. The first kappa shape index (κ1) is 18.8. The van der Waals surface area contributed by atoms with Gasteiger partial charge in [0.25, 0.3) is 0 Å². The van der Waals surface area contributed by atoms with E-state index in [9.17, 15) is 9.90 Å². The Morgan fingerprint density at radius 3 is 2.71 bits per heavy atom. The summed E-state index contributed by atoms with van der Waals surface area (Å²) >= 11 is 0. The Hall–Kier alpha value is -2.59. The fourth-order valence-corrected chi connectivity index (χ4v) is 4.63. The van der Waals surface area contributed by atoms with Crippen LogP contribution in [0.25, 0.3) is 22.1 Å². The summed E-state index contributed by atoms with van der Waals surface area (Å²) in [4.78, 5) is 13.7. The molecule has 2 N–H and O–H groups in total. The van der Waals surface area contributed by atoms with Gasteiger partial charge < -0.3 is 14.4 Å². The Kier molecular flexibility index (Phi) is 5.23. The third kappa shape index (κ3) is 3.45. The molecule has 2 aromatic carbocycles. The minimum atomic E-state index is -0.394. The average molecular weight is 378 g/mol. The van der Waals surface area contributed by atoms with Gasteiger partial charge in [0, 0.05) is 22.6 Å². The van der Waals surface area contributed by atoms with Crippen LogP contribution >= 0.6 is 0 Å². The van der Waals surface area contributed by atoms with E-state index in [4.69, 9.17) is 4.42 Å². The second-order valence-corrected chi connectivity index (χ2v) is 7.92. The molecule has 1 aromatic heterocycles. The summed E-state index contributed by atoms with van der Waals surface area (Å²) in [6.45, 7) is 6.03. The number of hydrogen-bond donors (Lipinski definition) is 2. The highest BCUT2D eigenvalue weighted by Crippen LogP contribution is 2.35. The Bertz CT molecular complexity index is 1040. The maximum Gasteiger partial charge on any atom is 0.336 e. The number of fused-ring (bicyclic) bond motifs is 1. The van der Waals surface area contributed by atoms with Crippen molar-refractivity contribution >= 4 is 11.0 Å². The third-order valence-corrected chi connectivity index (χ3v) is 6.19. The zero-order chi connectivity index (χ0) is 19.7. The number of phenolic OH excluding ortho intramolecular Hbond substituents is 1. The third-order valence-electron chi connectivity index (χ3n) is 6.19. The predicted octanol–water partition coefficient (Wildman–Crippen LogP) is 3.82. The fourth-order valence-electron chi connectivity index (χ4n) is 4.63. The zero-order valence-corrected chi connectivity index (χ0v) is 16.6. The van der Waals surface area contributed by atoms with Crippen LogP contribution in [0.2, 0.25) is 0 Å². The predicted molar refractivity (Wildman–Crippen MR) is 112 cm³/mol. The van der Waals surface area contributed by atoms with Crippen LogP contribution in [0.1, 0.15) is 43.7 Å².